The predicted molar refractivity (Wildman–Crippen MR) is 109 cm³/mol. The van der Waals surface area contributed by atoms with Crippen LogP contribution in [0.2, 0.25) is 0 Å². The van der Waals surface area contributed by atoms with Gasteiger partial charge in [0.15, 0.2) is 17.5 Å². The molecule has 27 heavy (non-hydrogen) atoms. The lowest BCUT2D eigenvalue weighted by Gasteiger charge is -2.15. The van der Waals surface area contributed by atoms with Crippen LogP contribution in [0.5, 0.6) is 17.2 Å². The molecule has 2 rings (SSSR count). The average molecular weight is 371 g/mol. The molecule has 6 nitrogen and oxygen atoms in total. The smallest absolute Gasteiger partial charge is 0.191 e. The standard InChI is InChI=1S/C21H29N3O3/c1-15-7-6-8-16(2)20(15)27-12-11-23-21(22-3)24-14-17-9-10-18(25-4)19(13-17)26-5/h6-10,13H,11-12,14H2,1-5H3,(H2,22,23,24). The van der Waals surface area contributed by atoms with Gasteiger partial charge in [-0.3, -0.25) is 4.99 Å². The number of hydrogen-bond acceptors (Lipinski definition) is 4. The maximum absolute atomic E-state index is 5.91. The molecule has 0 amide bonds. The van der Waals surface area contributed by atoms with Crippen molar-refractivity contribution in [2.45, 2.75) is 20.4 Å². The number of guanidine groups is 1. The Labute approximate surface area is 161 Å². The number of nitrogens with zero attached hydrogens (tertiary/aromatic N) is 1. The number of methoxy groups -OCH3 is 2. The van der Waals surface area contributed by atoms with Gasteiger partial charge in [0.05, 0.1) is 20.8 Å². The van der Waals surface area contributed by atoms with Crippen LogP contribution < -0.4 is 24.8 Å². The first-order valence-electron chi connectivity index (χ1n) is 8.93. The first-order valence-corrected chi connectivity index (χ1v) is 8.93. The maximum atomic E-state index is 5.91. The molecule has 0 spiro atoms. The summed E-state index contributed by atoms with van der Waals surface area (Å²) in [5.74, 6) is 3.09. The van der Waals surface area contributed by atoms with E-state index in [0.717, 1.165) is 28.4 Å². The third kappa shape index (κ3) is 5.81. The first kappa shape index (κ1) is 20.4. The Balaban J connectivity index is 1.81. The van der Waals surface area contributed by atoms with E-state index in [4.69, 9.17) is 14.2 Å². The van der Waals surface area contributed by atoms with Crippen LogP contribution in [0.15, 0.2) is 41.4 Å². The first-order chi connectivity index (χ1) is 13.1. The molecule has 0 aromatic heterocycles. The summed E-state index contributed by atoms with van der Waals surface area (Å²) in [7, 11) is 5.00. The monoisotopic (exact) mass is 371 g/mol. The van der Waals surface area contributed by atoms with Gasteiger partial charge in [0, 0.05) is 13.6 Å². The molecule has 0 aliphatic rings. The van der Waals surface area contributed by atoms with E-state index >= 15 is 0 Å². The van der Waals surface area contributed by atoms with Gasteiger partial charge in [0.25, 0.3) is 0 Å². The lowest BCUT2D eigenvalue weighted by atomic mass is 10.1. The van der Waals surface area contributed by atoms with E-state index in [2.05, 4.69) is 41.6 Å². The SMILES string of the molecule is CN=C(NCCOc1c(C)cccc1C)NCc1ccc(OC)c(OC)c1. The van der Waals surface area contributed by atoms with Crippen molar-refractivity contribution in [1.29, 1.82) is 0 Å². The summed E-state index contributed by atoms with van der Waals surface area (Å²) in [4.78, 5) is 4.24. The fraction of sp³-hybridized carbons (Fsp3) is 0.381. The molecule has 0 heterocycles. The van der Waals surface area contributed by atoms with Crippen LogP contribution in [0.3, 0.4) is 0 Å². The molecule has 0 atom stereocenters. The van der Waals surface area contributed by atoms with Crippen molar-refractivity contribution in [2.24, 2.45) is 4.99 Å². The highest BCUT2D eigenvalue weighted by molar-refractivity contribution is 5.79. The minimum atomic E-state index is 0.558. The normalized spacial score (nSPS) is 11.1. The van der Waals surface area contributed by atoms with E-state index in [0.29, 0.717) is 31.2 Å². The van der Waals surface area contributed by atoms with Crippen molar-refractivity contribution in [1.82, 2.24) is 10.6 Å². The van der Waals surface area contributed by atoms with Crippen molar-refractivity contribution in [3.05, 3.63) is 53.1 Å². The van der Waals surface area contributed by atoms with E-state index in [9.17, 15) is 0 Å². The molecule has 2 N–H and O–H groups in total. The molecular formula is C21H29N3O3. The molecule has 0 aliphatic carbocycles. The van der Waals surface area contributed by atoms with Crippen molar-refractivity contribution in [3.63, 3.8) is 0 Å². The highest BCUT2D eigenvalue weighted by Gasteiger charge is 2.06. The molecule has 0 saturated carbocycles. The number of para-hydroxylation sites is 1. The van der Waals surface area contributed by atoms with Gasteiger partial charge in [0.1, 0.15) is 12.4 Å². The Hall–Kier alpha value is -2.89. The molecule has 0 fully saturated rings. The fourth-order valence-electron chi connectivity index (χ4n) is 2.75. The molecule has 2 aromatic rings. The molecule has 0 saturated heterocycles. The lowest BCUT2D eigenvalue weighted by Crippen LogP contribution is -2.38. The third-order valence-electron chi connectivity index (χ3n) is 4.18. The molecule has 6 heteroatoms. The van der Waals surface area contributed by atoms with E-state index in [1.54, 1.807) is 21.3 Å². The second-order valence-electron chi connectivity index (χ2n) is 6.11. The summed E-state index contributed by atoms with van der Waals surface area (Å²) in [6.45, 7) is 5.94. The van der Waals surface area contributed by atoms with Gasteiger partial charge in [0.2, 0.25) is 0 Å². The number of ether oxygens (including phenoxy) is 3. The van der Waals surface area contributed by atoms with Crippen molar-refractivity contribution in [2.75, 3.05) is 34.4 Å². The third-order valence-corrected chi connectivity index (χ3v) is 4.18. The molecule has 0 radical (unpaired) electrons. The Morgan fingerprint density at radius 3 is 2.30 bits per heavy atom. The van der Waals surface area contributed by atoms with Crippen LogP contribution in [-0.4, -0.2) is 40.4 Å². The van der Waals surface area contributed by atoms with Crippen LogP contribution in [-0.2, 0) is 6.54 Å². The van der Waals surface area contributed by atoms with Crippen molar-refractivity contribution in [3.8, 4) is 17.2 Å². The minimum absolute atomic E-state index is 0.558. The highest BCUT2D eigenvalue weighted by Crippen LogP contribution is 2.27. The van der Waals surface area contributed by atoms with Gasteiger partial charge >= 0.3 is 0 Å². The molecule has 0 aliphatic heterocycles. The quantitative estimate of drug-likeness (QED) is 0.424. The topological polar surface area (TPSA) is 64.1 Å². The Kier molecular flexibility index (Phi) is 7.79. The minimum Gasteiger partial charge on any atom is -0.493 e. The summed E-state index contributed by atoms with van der Waals surface area (Å²) < 4.78 is 16.5. The number of hydrogen-bond donors (Lipinski definition) is 2. The second kappa shape index (κ2) is 10.3. The van der Waals surface area contributed by atoms with Crippen LogP contribution in [0.25, 0.3) is 0 Å². The number of aliphatic imine (C=N–C) groups is 1. The summed E-state index contributed by atoms with van der Waals surface area (Å²) in [6, 6.07) is 12.0. The fourth-order valence-corrected chi connectivity index (χ4v) is 2.75. The van der Waals surface area contributed by atoms with E-state index in [-0.39, 0.29) is 0 Å². The second-order valence-corrected chi connectivity index (χ2v) is 6.11. The Morgan fingerprint density at radius 1 is 0.963 bits per heavy atom. The average Bonchev–Trinajstić information content (AvgIpc) is 2.69. The summed E-state index contributed by atoms with van der Waals surface area (Å²) in [5, 5.41) is 6.54. The summed E-state index contributed by atoms with van der Waals surface area (Å²) in [6.07, 6.45) is 0. The largest absolute Gasteiger partial charge is 0.493 e. The van der Waals surface area contributed by atoms with Crippen molar-refractivity contribution >= 4 is 5.96 Å². The van der Waals surface area contributed by atoms with Gasteiger partial charge in [-0.1, -0.05) is 24.3 Å². The molecule has 2 aromatic carbocycles. The number of benzene rings is 2. The van der Waals surface area contributed by atoms with Crippen LogP contribution in [0.4, 0.5) is 0 Å². The van der Waals surface area contributed by atoms with Gasteiger partial charge in [-0.15, -0.1) is 0 Å². The Bertz CT molecular complexity index is 755. The molecular weight excluding hydrogens is 342 g/mol. The Morgan fingerprint density at radius 2 is 1.67 bits per heavy atom. The van der Waals surface area contributed by atoms with Gasteiger partial charge in [-0.05, 0) is 42.7 Å². The van der Waals surface area contributed by atoms with Crippen LogP contribution in [0, 0.1) is 13.8 Å². The maximum Gasteiger partial charge on any atom is 0.191 e. The molecule has 0 unspecified atom stereocenters. The number of nitrogens with one attached hydrogen (secondary N) is 2. The van der Waals surface area contributed by atoms with E-state index < -0.39 is 0 Å². The van der Waals surface area contributed by atoms with Gasteiger partial charge < -0.3 is 24.8 Å². The van der Waals surface area contributed by atoms with E-state index in [1.165, 1.54) is 0 Å². The zero-order valence-electron chi connectivity index (χ0n) is 16.8. The summed E-state index contributed by atoms with van der Waals surface area (Å²) in [5.41, 5.74) is 3.36. The van der Waals surface area contributed by atoms with Gasteiger partial charge in [-0.2, -0.15) is 0 Å². The van der Waals surface area contributed by atoms with E-state index in [1.807, 2.05) is 24.3 Å². The summed E-state index contributed by atoms with van der Waals surface area (Å²) >= 11 is 0. The molecule has 146 valence electrons. The lowest BCUT2D eigenvalue weighted by molar-refractivity contribution is 0.317. The van der Waals surface area contributed by atoms with Crippen LogP contribution >= 0.6 is 0 Å². The predicted octanol–water partition coefficient (Wildman–Crippen LogP) is 3.06. The zero-order chi connectivity index (χ0) is 19.6. The number of aryl methyl sites for hydroxylation is 2. The number of rotatable bonds is 8. The molecule has 0 bridgehead atoms. The van der Waals surface area contributed by atoms with Crippen LogP contribution in [0.1, 0.15) is 16.7 Å². The van der Waals surface area contributed by atoms with Crippen molar-refractivity contribution < 1.29 is 14.2 Å². The zero-order valence-corrected chi connectivity index (χ0v) is 16.8. The highest BCUT2D eigenvalue weighted by atomic mass is 16.5. The van der Waals surface area contributed by atoms with Gasteiger partial charge in [-0.25, -0.2) is 0 Å².